The van der Waals surface area contributed by atoms with Gasteiger partial charge in [0.05, 0.1) is 18.4 Å². The number of nitrogens with one attached hydrogen (secondary N) is 4. The van der Waals surface area contributed by atoms with Crippen molar-refractivity contribution in [3.8, 4) is 0 Å². The molecule has 10 N–H and O–H groups in total. The zero-order valence-electron chi connectivity index (χ0n) is 28.7. The Morgan fingerprint density at radius 3 is 1.84 bits per heavy atom. The molecule has 0 saturated carbocycles. The van der Waals surface area contributed by atoms with Crippen LogP contribution in [0.25, 0.3) is 0 Å². The second kappa shape index (κ2) is 19.1. The third-order valence-corrected chi connectivity index (χ3v) is 8.24. The minimum Gasteiger partial charge on any atom is -0.370 e. The topological polar surface area (TPSA) is 225 Å². The van der Waals surface area contributed by atoms with Crippen molar-refractivity contribution in [2.45, 2.75) is 70.6 Å². The molecule has 1 saturated heterocycles. The Kier molecular flexibility index (Phi) is 15.0. The van der Waals surface area contributed by atoms with Crippen LogP contribution in [0.4, 0.5) is 0 Å². The maximum atomic E-state index is 13.9. The number of nitrogens with zero attached hydrogens (tertiary/aromatic N) is 3. The molecule has 0 spiro atoms. The Morgan fingerprint density at radius 1 is 0.755 bits per heavy atom. The van der Waals surface area contributed by atoms with Gasteiger partial charge in [-0.3, -0.25) is 29.6 Å². The number of nitrogens with two attached hydrogens (primary N) is 3. The zero-order chi connectivity index (χ0) is 35.9. The molecule has 0 unspecified atom stereocenters. The summed E-state index contributed by atoms with van der Waals surface area (Å²) in [7, 11) is 0. The van der Waals surface area contributed by atoms with Crippen molar-refractivity contribution in [3.05, 3.63) is 71.8 Å². The number of carbonyl (C=O) groups excluding carboxylic acids is 4. The average Bonchev–Trinajstić information content (AvgIpc) is 3.33. The van der Waals surface area contributed by atoms with Gasteiger partial charge in [0.15, 0.2) is 5.96 Å². The first kappa shape index (κ1) is 38.5. The van der Waals surface area contributed by atoms with E-state index in [4.69, 9.17) is 22.6 Å². The Hall–Kier alpha value is -4.98. The van der Waals surface area contributed by atoms with E-state index < -0.39 is 41.9 Å². The monoisotopic (exact) mass is 676 g/mol. The summed E-state index contributed by atoms with van der Waals surface area (Å²) in [5.74, 6) is -1.82. The SMILES string of the molecule is CC(=N)N1CCCN(C(=O)[C@@H](CN=C(N)N)NC(=O)[C@@H](CC(C)C)NC(=O)[C@@H](Cc2ccccc2)NC(=O)[C@H](N)Cc2ccccc2)CC1. The lowest BCUT2D eigenvalue weighted by molar-refractivity contribution is -0.137. The van der Waals surface area contributed by atoms with Crippen LogP contribution in [-0.2, 0) is 32.0 Å². The Morgan fingerprint density at radius 2 is 1.27 bits per heavy atom. The molecule has 4 atom stereocenters. The number of guanidine groups is 1. The molecule has 1 heterocycles. The molecule has 1 aliphatic heterocycles. The van der Waals surface area contributed by atoms with Crippen molar-refractivity contribution < 1.29 is 19.2 Å². The molecule has 266 valence electrons. The quantitative estimate of drug-likeness (QED) is 0.101. The zero-order valence-corrected chi connectivity index (χ0v) is 28.7. The summed E-state index contributed by atoms with van der Waals surface area (Å²) < 4.78 is 0. The molecule has 14 nitrogen and oxygen atoms in total. The fourth-order valence-electron chi connectivity index (χ4n) is 5.62. The van der Waals surface area contributed by atoms with Crippen molar-refractivity contribution in [2.24, 2.45) is 28.1 Å². The highest BCUT2D eigenvalue weighted by molar-refractivity contribution is 5.95. The van der Waals surface area contributed by atoms with Gasteiger partial charge in [-0.1, -0.05) is 74.5 Å². The molecular weight excluding hydrogens is 624 g/mol. The summed E-state index contributed by atoms with van der Waals surface area (Å²) in [5.41, 5.74) is 19.1. The first-order valence-electron chi connectivity index (χ1n) is 16.7. The number of hydrogen-bond acceptors (Lipinski definition) is 7. The highest BCUT2D eigenvalue weighted by Gasteiger charge is 2.33. The van der Waals surface area contributed by atoms with Crippen LogP contribution >= 0.6 is 0 Å². The third-order valence-electron chi connectivity index (χ3n) is 8.24. The summed E-state index contributed by atoms with van der Waals surface area (Å²) in [4.78, 5) is 62.2. The van der Waals surface area contributed by atoms with Crippen molar-refractivity contribution in [1.29, 1.82) is 5.41 Å². The second-order valence-electron chi connectivity index (χ2n) is 12.8. The Labute approximate surface area is 288 Å². The van der Waals surface area contributed by atoms with Crippen LogP contribution in [0.1, 0.15) is 44.7 Å². The summed E-state index contributed by atoms with van der Waals surface area (Å²) in [5, 5.41) is 16.4. The van der Waals surface area contributed by atoms with Gasteiger partial charge in [0.25, 0.3) is 0 Å². The van der Waals surface area contributed by atoms with E-state index in [-0.39, 0.29) is 43.6 Å². The second-order valence-corrected chi connectivity index (χ2v) is 12.8. The molecule has 14 heteroatoms. The normalized spacial score (nSPS) is 15.6. The summed E-state index contributed by atoms with van der Waals surface area (Å²) >= 11 is 0. The van der Waals surface area contributed by atoms with E-state index in [9.17, 15) is 19.2 Å². The molecule has 49 heavy (non-hydrogen) atoms. The number of carbonyl (C=O) groups is 4. The molecule has 3 rings (SSSR count). The lowest BCUT2D eigenvalue weighted by Crippen LogP contribution is -2.59. The van der Waals surface area contributed by atoms with E-state index in [2.05, 4.69) is 20.9 Å². The number of benzene rings is 2. The van der Waals surface area contributed by atoms with Crippen LogP contribution < -0.4 is 33.2 Å². The average molecular weight is 677 g/mol. The van der Waals surface area contributed by atoms with Crippen LogP contribution in [0.15, 0.2) is 65.7 Å². The molecule has 1 aliphatic rings. The smallest absolute Gasteiger partial charge is 0.247 e. The van der Waals surface area contributed by atoms with Gasteiger partial charge in [-0.25, -0.2) is 0 Å². The molecule has 2 aromatic rings. The molecule has 0 radical (unpaired) electrons. The lowest BCUT2D eigenvalue weighted by Gasteiger charge is -2.29. The first-order chi connectivity index (χ1) is 23.3. The van der Waals surface area contributed by atoms with E-state index in [0.717, 1.165) is 11.1 Å². The number of hydrogen-bond donors (Lipinski definition) is 7. The predicted octanol–water partition coefficient (Wildman–Crippen LogP) is 0.104. The molecule has 4 amide bonds. The maximum absolute atomic E-state index is 13.9. The van der Waals surface area contributed by atoms with Crippen LogP contribution in [-0.4, -0.2) is 102 Å². The lowest BCUT2D eigenvalue weighted by atomic mass is 10.00. The van der Waals surface area contributed by atoms with Gasteiger partial charge in [0.1, 0.15) is 18.1 Å². The van der Waals surface area contributed by atoms with E-state index >= 15 is 0 Å². The minimum atomic E-state index is -1.09. The van der Waals surface area contributed by atoms with Gasteiger partial charge in [-0.15, -0.1) is 0 Å². The summed E-state index contributed by atoms with van der Waals surface area (Å²) in [6, 6.07) is 14.5. The van der Waals surface area contributed by atoms with Gasteiger partial charge in [0, 0.05) is 32.6 Å². The van der Waals surface area contributed by atoms with E-state index in [1.54, 1.807) is 11.8 Å². The van der Waals surface area contributed by atoms with Gasteiger partial charge >= 0.3 is 0 Å². The van der Waals surface area contributed by atoms with E-state index in [1.165, 1.54) is 0 Å². The van der Waals surface area contributed by atoms with Gasteiger partial charge in [-0.2, -0.15) is 0 Å². The Bertz CT molecular complexity index is 1430. The van der Waals surface area contributed by atoms with Crippen LogP contribution in [0.2, 0.25) is 0 Å². The van der Waals surface area contributed by atoms with E-state index in [0.29, 0.717) is 38.4 Å². The highest BCUT2D eigenvalue weighted by atomic mass is 16.2. The highest BCUT2D eigenvalue weighted by Crippen LogP contribution is 2.11. The van der Waals surface area contributed by atoms with Crippen LogP contribution in [0, 0.1) is 11.3 Å². The fourth-order valence-corrected chi connectivity index (χ4v) is 5.62. The van der Waals surface area contributed by atoms with Gasteiger partial charge < -0.3 is 43.0 Å². The van der Waals surface area contributed by atoms with Crippen molar-refractivity contribution in [2.75, 3.05) is 32.7 Å². The number of amides is 4. The van der Waals surface area contributed by atoms with Crippen molar-refractivity contribution >= 4 is 35.4 Å². The molecule has 1 fully saturated rings. The minimum absolute atomic E-state index is 0.00896. The van der Waals surface area contributed by atoms with Crippen LogP contribution in [0.5, 0.6) is 0 Å². The van der Waals surface area contributed by atoms with E-state index in [1.807, 2.05) is 79.4 Å². The summed E-state index contributed by atoms with van der Waals surface area (Å²) in [6.07, 6.45) is 1.36. The largest absolute Gasteiger partial charge is 0.370 e. The molecule has 0 bridgehead atoms. The predicted molar refractivity (Wildman–Crippen MR) is 190 cm³/mol. The van der Waals surface area contributed by atoms with Crippen molar-refractivity contribution in [3.63, 3.8) is 0 Å². The van der Waals surface area contributed by atoms with Gasteiger partial charge in [-0.05, 0) is 43.2 Å². The van der Waals surface area contributed by atoms with Crippen LogP contribution in [0.3, 0.4) is 0 Å². The molecule has 0 aliphatic carbocycles. The number of rotatable bonds is 15. The summed E-state index contributed by atoms with van der Waals surface area (Å²) in [6.45, 7) is 7.27. The molecular formula is C35H52N10O4. The molecule has 0 aromatic heterocycles. The maximum Gasteiger partial charge on any atom is 0.247 e. The van der Waals surface area contributed by atoms with Gasteiger partial charge in [0.2, 0.25) is 23.6 Å². The number of aliphatic imine (C=N–C) groups is 1. The standard InChI is InChI=1S/C35H52N10O4/c1-23(2)19-28(32(47)43-30(22-40-35(38)39)34(49)45-16-10-15-44(17-18-45)24(3)36)42-33(48)29(21-26-13-8-5-9-14-26)41-31(46)27(37)20-25-11-6-4-7-12-25/h4-9,11-14,23,27-30,36H,10,15-22,37H2,1-3H3,(H,41,46)(H,42,48)(H,43,47)(H4,38,39,40)/t27-,28-,29-,30-/m1/s1. The number of amidine groups is 1. The van der Waals surface area contributed by atoms with Crippen molar-refractivity contribution in [1.82, 2.24) is 25.8 Å². The third kappa shape index (κ3) is 12.9. The molecule has 2 aromatic carbocycles. The first-order valence-corrected chi connectivity index (χ1v) is 16.7. The fraction of sp³-hybridized carbons (Fsp3) is 0.486. The Balaban J connectivity index is 1.79.